The summed E-state index contributed by atoms with van der Waals surface area (Å²) in [5.41, 5.74) is 1.93. The van der Waals surface area contributed by atoms with Crippen molar-refractivity contribution in [1.29, 1.82) is 0 Å². The molecule has 1 aliphatic heterocycles. The molecular formula is C21H27N4O4+. The Bertz CT molecular complexity index is 833. The van der Waals surface area contributed by atoms with Crippen LogP contribution in [-0.2, 0) is 0 Å². The fraction of sp³-hybridized carbons (Fsp3) is 0.381. The number of nitrogens with one attached hydrogen (secondary N) is 2. The second kappa shape index (κ2) is 9.88. The van der Waals surface area contributed by atoms with Gasteiger partial charge in [-0.05, 0) is 36.4 Å². The smallest absolute Gasteiger partial charge is 0.293 e. The van der Waals surface area contributed by atoms with Crippen LogP contribution in [0.2, 0.25) is 0 Å². The van der Waals surface area contributed by atoms with Crippen LogP contribution in [0.1, 0.15) is 16.8 Å². The van der Waals surface area contributed by atoms with Crippen LogP contribution >= 0.6 is 0 Å². The Morgan fingerprint density at radius 1 is 1.21 bits per heavy atom. The van der Waals surface area contributed by atoms with Gasteiger partial charge in [-0.25, -0.2) is 0 Å². The van der Waals surface area contributed by atoms with Crippen molar-refractivity contribution in [2.75, 3.05) is 56.6 Å². The largest absolute Gasteiger partial charge is 0.497 e. The number of methoxy groups -OCH3 is 1. The third-order valence-corrected chi connectivity index (χ3v) is 5.29. The van der Waals surface area contributed by atoms with Gasteiger partial charge in [0.25, 0.3) is 5.69 Å². The van der Waals surface area contributed by atoms with E-state index in [1.54, 1.807) is 24.1 Å². The summed E-state index contributed by atoms with van der Waals surface area (Å²) in [6.45, 7) is 5.83. The number of hydrogen-bond donors (Lipinski definition) is 2. The summed E-state index contributed by atoms with van der Waals surface area (Å²) in [6, 6.07) is 12.7. The van der Waals surface area contributed by atoms with Gasteiger partial charge in [-0.15, -0.1) is 0 Å². The maximum Gasteiger partial charge on any atom is 0.293 e. The number of nitrogens with zero attached hydrogens (tertiary/aromatic N) is 2. The minimum absolute atomic E-state index is 0.0601. The number of carbonyl (C=O) groups excluding carboxylic acids is 1. The summed E-state index contributed by atoms with van der Waals surface area (Å²) < 4.78 is 5.21. The van der Waals surface area contributed by atoms with E-state index in [-0.39, 0.29) is 5.69 Å². The van der Waals surface area contributed by atoms with Crippen LogP contribution in [-0.4, -0.2) is 57.6 Å². The first-order valence-corrected chi connectivity index (χ1v) is 9.81. The van der Waals surface area contributed by atoms with Gasteiger partial charge in [0.2, 0.25) is 0 Å². The van der Waals surface area contributed by atoms with E-state index in [0.29, 0.717) is 24.1 Å². The van der Waals surface area contributed by atoms with Crippen LogP contribution in [0.25, 0.3) is 0 Å². The molecule has 0 radical (unpaired) electrons. The molecule has 0 saturated carbocycles. The van der Waals surface area contributed by atoms with Crippen LogP contribution in [0.15, 0.2) is 42.5 Å². The first-order valence-electron chi connectivity index (χ1n) is 9.81. The molecule has 0 unspecified atom stereocenters. The van der Waals surface area contributed by atoms with Crippen molar-refractivity contribution in [2.24, 2.45) is 0 Å². The Morgan fingerprint density at radius 2 is 1.93 bits per heavy atom. The van der Waals surface area contributed by atoms with E-state index in [4.69, 9.17) is 4.74 Å². The Kier molecular flexibility index (Phi) is 7.02. The zero-order chi connectivity index (χ0) is 20.6. The predicted molar refractivity (Wildman–Crippen MR) is 112 cm³/mol. The quantitative estimate of drug-likeness (QED) is 0.288. The average molecular weight is 399 g/mol. The summed E-state index contributed by atoms with van der Waals surface area (Å²) in [5, 5.41) is 14.3. The number of rotatable bonds is 9. The van der Waals surface area contributed by atoms with Crippen molar-refractivity contribution in [3.8, 4) is 5.75 Å². The molecule has 0 bridgehead atoms. The first kappa shape index (κ1) is 20.6. The van der Waals surface area contributed by atoms with Gasteiger partial charge in [-0.1, -0.05) is 0 Å². The molecule has 8 heteroatoms. The number of ether oxygens (including phenoxy) is 1. The van der Waals surface area contributed by atoms with E-state index in [0.717, 1.165) is 44.9 Å². The molecular weight excluding hydrogens is 372 g/mol. The minimum atomic E-state index is -0.459. The van der Waals surface area contributed by atoms with Crippen LogP contribution in [0.5, 0.6) is 5.75 Å². The van der Waals surface area contributed by atoms with Crippen molar-refractivity contribution >= 4 is 23.3 Å². The number of anilines is 2. The molecule has 2 N–H and O–H groups in total. The van der Waals surface area contributed by atoms with Crippen LogP contribution in [0, 0.1) is 10.1 Å². The Labute approximate surface area is 170 Å². The lowest BCUT2D eigenvalue weighted by atomic mass is 10.2. The Morgan fingerprint density at radius 3 is 2.55 bits per heavy atom. The molecule has 0 aromatic heterocycles. The van der Waals surface area contributed by atoms with Crippen LogP contribution in [0.3, 0.4) is 0 Å². The average Bonchev–Trinajstić information content (AvgIpc) is 2.77. The molecule has 0 amide bonds. The van der Waals surface area contributed by atoms with Crippen molar-refractivity contribution in [3.05, 3.63) is 58.1 Å². The third kappa shape index (κ3) is 5.45. The molecule has 29 heavy (non-hydrogen) atoms. The molecule has 154 valence electrons. The molecule has 1 aliphatic rings. The topological polar surface area (TPSA) is 89.2 Å². The van der Waals surface area contributed by atoms with E-state index in [9.17, 15) is 14.9 Å². The number of carbonyl (C=O) groups is 1. The zero-order valence-corrected chi connectivity index (χ0v) is 16.6. The highest BCUT2D eigenvalue weighted by molar-refractivity contribution is 5.79. The first-order chi connectivity index (χ1) is 14.1. The number of quaternary nitrogens is 1. The standard InChI is InChI=1S/C21H26N4O4/c1-29-19-6-4-18(5-7-19)24-13-11-23(12-14-24)10-2-9-22-20-8-3-17(16-26)15-21(20)25(27)28/h3-8,15-16,22H,2,9-14H2,1H3/p+1. The summed E-state index contributed by atoms with van der Waals surface area (Å²) in [7, 11) is 1.67. The molecule has 0 atom stereocenters. The van der Waals surface area contributed by atoms with E-state index < -0.39 is 4.92 Å². The lowest BCUT2D eigenvalue weighted by Gasteiger charge is -2.33. The lowest BCUT2D eigenvalue weighted by molar-refractivity contribution is -0.900. The molecule has 0 aliphatic carbocycles. The van der Waals surface area contributed by atoms with Crippen molar-refractivity contribution in [1.82, 2.24) is 0 Å². The Balaban J connectivity index is 1.42. The number of nitro benzene ring substituents is 1. The highest BCUT2D eigenvalue weighted by Gasteiger charge is 2.20. The molecule has 0 spiro atoms. The fourth-order valence-corrected chi connectivity index (χ4v) is 3.61. The Hall–Kier alpha value is -3.13. The highest BCUT2D eigenvalue weighted by atomic mass is 16.6. The molecule has 2 aromatic rings. The summed E-state index contributed by atoms with van der Waals surface area (Å²) in [4.78, 5) is 25.5. The molecule has 3 rings (SSSR count). The van der Waals surface area contributed by atoms with Gasteiger partial charge in [-0.2, -0.15) is 0 Å². The van der Waals surface area contributed by atoms with Crippen LogP contribution < -0.4 is 19.9 Å². The maximum atomic E-state index is 11.2. The van der Waals surface area contributed by atoms with Crippen molar-refractivity contribution < 1.29 is 19.4 Å². The maximum absolute atomic E-state index is 11.2. The number of hydrogen-bond acceptors (Lipinski definition) is 6. The van der Waals surface area contributed by atoms with Gasteiger partial charge >= 0.3 is 0 Å². The van der Waals surface area contributed by atoms with Gasteiger partial charge in [0.15, 0.2) is 0 Å². The van der Waals surface area contributed by atoms with Gasteiger partial charge in [0, 0.05) is 30.3 Å². The van der Waals surface area contributed by atoms with E-state index in [2.05, 4.69) is 22.3 Å². The zero-order valence-electron chi connectivity index (χ0n) is 16.6. The van der Waals surface area contributed by atoms with Gasteiger partial charge in [0.05, 0.1) is 44.8 Å². The number of nitro groups is 1. The molecule has 1 heterocycles. The SMILES string of the molecule is COc1ccc(N2CC[NH+](CCCNc3ccc(C=O)cc3[N+](=O)[O-])CC2)cc1. The van der Waals surface area contributed by atoms with Crippen molar-refractivity contribution in [3.63, 3.8) is 0 Å². The van der Waals surface area contributed by atoms with Gasteiger partial charge in [0.1, 0.15) is 17.7 Å². The second-order valence-electron chi connectivity index (χ2n) is 7.12. The molecule has 2 aromatic carbocycles. The summed E-state index contributed by atoms with van der Waals surface area (Å²) in [5.74, 6) is 0.867. The summed E-state index contributed by atoms with van der Waals surface area (Å²) >= 11 is 0. The van der Waals surface area contributed by atoms with E-state index in [1.165, 1.54) is 11.8 Å². The number of benzene rings is 2. The molecule has 1 saturated heterocycles. The summed E-state index contributed by atoms with van der Waals surface area (Å²) in [6.07, 6.45) is 1.54. The second-order valence-corrected chi connectivity index (χ2v) is 7.12. The number of aldehydes is 1. The van der Waals surface area contributed by atoms with E-state index in [1.807, 2.05) is 12.1 Å². The van der Waals surface area contributed by atoms with Gasteiger partial charge < -0.3 is 19.9 Å². The normalized spacial score (nSPS) is 14.4. The third-order valence-electron chi connectivity index (χ3n) is 5.29. The van der Waals surface area contributed by atoms with Crippen molar-refractivity contribution in [2.45, 2.75) is 6.42 Å². The lowest BCUT2D eigenvalue weighted by Crippen LogP contribution is -3.14. The van der Waals surface area contributed by atoms with Gasteiger partial charge in [-0.3, -0.25) is 14.9 Å². The fourth-order valence-electron chi connectivity index (χ4n) is 3.61. The van der Waals surface area contributed by atoms with Crippen LogP contribution in [0.4, 0.5) is 17.1 Å². The van der Waals surface area contributed by atoms with E-state index >= 15 is 0 Å². The minimum Gasteiger partial charge on any atom is -0.497 e. The monoisotopic (exact) mass is 399 g/mol. The predicted octanol–water partition coefficient (Wildman–Crippen LogP) is 1.62. The number of piperazine rings is 1. The highest BCUT2D eigenvalue weighted by Crippen LogP contribution is 2.25. The molecule has 1 fully saturated rings. The molecule has 8 nitrogen and oxygen atoms in total.